The maximum atomic E-state index is 11.0. The van der Waals surface area contributed by atoms with E-state index in [1.165, 1.54) is 18.3 Å². The molecule has 136 valence electrons. The third-order valence-electron chi connectivity index (χ3n) is 3.25. The summed E-state index contributed by atoms with van der Waals surface area (Å²) < 4.78 is 5.21. The smallest absolute Gasteiger partial charge is 0.315 e. The number of hydrogen-bond donors (Lipinski definition) is 3. The summed E-state index contributed by atoms with van der Waals surface area (Å²) in [4.78, 5) is 10.3. The number of nitro groups is 1. The molecule has 9 heteroatoms. The van der Waals surface area contributed by atoms with Gasteiger partial charge in [-0.25, -0.2) is 0 Å². The van der Waals surface area contributed by atoms with Crippen LogP contribution >= 0.6 is 12.2 Å². The van der Waals surface area contributed by atoms with Crippen LogP contribution in [0.15, 0.2) is 47.6 Å². The van der Waals surface area contributed by atoms with Crippen molar-refractivity contribution < 1.29 is 14.8 Å². The van der Waals surface area contributed by atoms with Crippen molar-refractivity contribution in [3.05, 3.63) is 63.7 Å². The molecule has 0 radical (unpaired) electrons. The summed E-state index contributed by atoms with van der Waals surface area (Å²) in [5, 5.41) is 28.1. The van der Waals surface area contributed by atoms with Crippen molar-refractivity contribution in [3.63, 3.8) is 0 Å². The van der Waals surface area contributed by atoms with E-state index in [4.69, 9.17) is 17.0 Å². The quantitative estimate of drug-likeness (QED) is 0.296. The van der Waals surface area contributed by atoms with Crippen LogP contribution in [0, 0.1) is 10.1 Å². The van der Waals surface area contributed by atoms with Crippen molar-refractivity contribution in [1.82, 2.24) is 10.7 Å². The highest BCUT2D eigenvalue weighted by molar-refractivity contribution is 7.80. The van der Waals surface area contributed by atoms with Crippen molar-refractivity contribution in [2.75, 3.05) is 6.61 Å². The van der Waals surface area contributed by atoms with Crippen LogP contribution in [0.4, 0.5) is 5.69 Å². The van der Waals surface area contributed by atoms with E-state index < -0.39 is 16.4 Å². The predicted octanol–water partition coefficient (Wildman–Crippen LogP) is 2.70. The molecular weight excluding hydrogens is 356 g/mol. The number of hydrogen-bond acceptors (Lipinski definition) is 6. The Bertz CT molecular complexity index is 812. The maximum absolute atomic E-state index is 11.0. The third-order valence-corrected chi connectivity index (χ3v) is 3.48. The van der Waals surface area contributed by atoms with Gasteiger partial charge in [-0.05, 0) is 30.8 Å². The summed E-state index contributed by atoms with van der Waals surface area (Å²) >= 11 is 5.12. The molecule has 26 heavy (non-hydrogen) atoms. The second-order valence-corrected chi connectivity index (χ2v) is 5.52. The Hall–Kier alpha value is -3.20. The number of phenolic OH excluding ortho intramolecular Hbond substituents is 1. The number of nitrogens with zero attached hydrogens (tertiary/aromatic N) is 2. The van der Waals surface area contributed by atoms with Crippen LogP contribution < -0.4 is 15.5 Å². The number of ether oxygens (including phenoxy) is 1. The second kappa shape index (κ2) is 9.33. The SMILES string of the molecule is CCOc1cc(C=NNC(=S)NCc2ccccc2)cc([N+](=O)[O-])c1O. The number of thiocarbonyl (C=S) groups is 1. The van der Waals surface area contributed by atoms with Gasteiger partial charge in [-0.3, -0.25) is 15.5 Å². The molecule has 0 aliphatic carbocycles. The molecule has 0 aliphatic rings. The minimum absolute atomic E-state index is 0.0212. The number of nitrogens with one attached hydrogen (secondary N) is 2. The molecule has 0 saturated heterocycles. The van der Waals surface area contributed by atoms with E-state index in [1.807, 2.05) is 30.3 Å². The fourth-order valence-electron chi connectivity index (χ4n) is 2.08. The first-order valence-electron chi connectivity index (χ1n) is 7.76. The Balaban J connectivity index is 2.00. The zero-order chi connectivity index (χ0) is 18.9. The van der Waals surface area contributed by atoms with Gasteiger partial charge in [0, 0.05) is 18.2 Å². The fraction of sp³-hybridized carbons (Fsp3) is 0.176. The highest BCUT2D eigenvalue weighted by Gasteiger charge is 2.19. The number of rotatable bonds is 7. The molecule has 0 spiro atoms. The summed E-state index contributed by atoms with van der Waals surface area (Å²) in [5.41, 5.74) is 3.63. The minimum atomic E-state index is -0.686. The molecule has 0 atom stereocenters. The van der Waals surface area contributed by atoms with Crippen LogP contribution in [0.25, 0.3) is 0 Å². The molecule has 2 rings (SSSR count). The Morgan fingerprint density at radius 3 is 2.77 bits per heavy atom. The van der Waals surface area contributed by atoms with E-state index in [1.54, 1.807) is 6.92 Å². The molecule has 2 aromatic rings. The highest BCUT2D eigenvalue weighted by Crippen LogP contribution is 2.36. The van der Waals surface area contributed by atoms with Gasteiger partial charge in [0.2, 0.25) is 5.75 Å². The van der Waals surface area contributed by atoms with E-state index in [9.17, 15) is 15.2 Å². The van der Waals surface area contributed by atoms with E-state index in [-0.39, 0.29) is 12.4 Å². The van der Waals surface area contributed by atoms with Crippen LogP contribution in [0.1, 0.15) is 18.1 Å². The zero-order valence-corrected chi connectivity index (χ0v) is 14.8. The number of aromatic hydroxyl groups is 1. The summed E-state index contributed by atoms with van der Waals surface area (Å²) in [5.74, 6) is -0.491. The molecule has 0 saturated carbocycles. The van der Waals surface area contributed by atoms with Gasteiger partial charge in [-0.1, -0.05) is 30.3 Å². The highest BCUT2D eigenvalue weighted by atomic mass is 32.1. The maximum Gasteiger partial charge on any atom is 0.315 e. The Morgan fingerprint density at radius 2 is 2.12 bits per heavy atom. The van der Waals surface area contributed by atoms with Gasteiger partial charge in [-0.15, -0.1) is 0 Å². The summed E-state index contributed by atoms with van der Waals surface area (Å²) in [6, 6.07) is 12.4. The number of phenols is 1. The first-order chi connectivity index (χ1) is 12.5. The Labute approximate surface area is 155 Å². The first kappa shape index (κ1) is 19.1. The molecule has 3 N–H and O–H groups in total. The Morgan fingerprint density at radius 1 is 1.38 bits per heavy atom. The van der Waals surface area contributed by atoms with Gasteiger partial charge in [-0.2, -0.15) is 5.10 Å². The van der Waals surface area contributed by atoms with Gasteiger partial charge in [0.15, 0.2) is 10.9 Å². The van der Waals surface area contributed by atoms with E-state index >= 15 is 0 Å². The zero-order valence-electron chi connectivity index (χ0n) is 14.0. The van der Waals surface area contributed by atoms with Crippen molar-refractivity contribution in [1.29, 1.82) is 0 Å². The van der Waals surface area contributed by atoms with Gasteiger partial charge in [0.05, 0.1) is 17.7 Å². The largest absolute Gasteiger partial charge is 0.500 e. The summed E-state index contributed by atoms with van der Waals surface area (Å²) in [7, 11) is 0. The van der Waals surface area contributed by atoms with Crippen molar-refractivity contribution in [2.24, 2.45) is 5.10 Å². The van der Waals surface area contributed by atoms with Crippen LogP contribution in [-0.4, -0.2) is 28.0 Å². The van der Waals surface area contributed by atoms with Gasteiger partial charge in [0.25, 0.3) is 0 Å². The topological polar surface area (TPSA) is 109 Å². The monoisotopic (exact) mass is 374 g/mol. The molecule has 0 aromatic heterocycles. The molecule has 0 unspecified atom stereocenters. The summed E-state index contributed by atoms with van der Waals surface area (Å²) in [6.07, 6.45) is 1.35. The Kier molecular flexibility index (Phi) is 6.86. The lowest BCUT2D eigenvalue weighted by molar-refractivity contribution is -0.386. The molecule has 0 aliphatic heterocycles. The lowest BCUT2D eigenvalue weighted by atomic mass is 10.2. The molecule has 8 nitrogen and oxygen atoms in total. The fourth-order valence-corrected chi connectivity index (χ4v) is 2.20. The minimum Gasteiger partial charge on any atom is -0.500 e. The third kappa shape index (κ3) is 5.42. The van der Waals surface area contributed by atoms with Gasteiger partial charge in [0.1, 0.15) is 0 Å². The molecule has 0 amide bonds. The van der Waals surface area contributed by atoms with Crippen LogP contribution in [-0.2, 0) is 6.54 Å². The van der Waals surface area contributed by atoms with Crippen LogP contribution in [0.3, 0.4) is 0 Å². The van der Waals surface area contributed by atoms with Crippen molar-refractivity contribution in [3.8, 4) is 11.5 Å². The standard InChI is InChI=1S/C17H18N4O4S/c1-2-25-15-9-13(8-14(16(15)22)21(23)24)11-19-20-17(26)18-10-12-6-4-3-5-7-12/h3-9,11,22H,2,10H2,1H3,(H2,18,20,26). The average molecular weight is 374 g/mol. The normalized spacial score (nSPS) is 10.5. The van der Waals surface area contributed by atoms with Crippen LogP contribution in [0.5, 0.6) is 11.5 Å². The van der Waals surface area contributed by atoms with E-state index in [0.29, 0.717) is 17.2 Å². The number of benzene rings is 2. The van der Waals surface area contributed by atoms with Gasteiger partial charge >= 0.3 is 5.69 Å². The average Bonchev–Trinajstić information content (AvgIpc) is 2.63. The molecule has 0 bridgehead atoms. The second-order valence-electron chi connectivity index (χ2n) is 5.12. The molecular formula is C17H18N4O4S. The molecule has 0 fully saturated rings. The van der Waals surface area contributed by atoms with Crippen molar-refractivity contribution >= 4 is 29.2 Å². The van der Waals surface area contributed by atoms with Crippen LogP contribution in [0.2, 0.25) is 0 Å². The number of nitro benzene ring substituents is 1. The van der Waals surface area contributed by atoms with E-state index in [2.05, 4.69) is 15.8 Å². The van der Waals surface area contributed by atoms with Crippen molar-refractivity contribution in [2.45, 2.75) is 13.5 Å². The lowest BCUT2D eigenvalue weighted by Gasteiger charge is -2.08. The number of hydrazone groups is 1. The predicted molar refractivity (Wildman–Crippen MR) is 103 cm³/mol. The van der Waals surface area contributed by atoms with Gasteiger partial charge < -0.3 is 15.2 Å². The first-order valence-corrected chi connectivity index (χ1v) is 8.17. The molecule has 2 aromatic carbocycles. The van der Waals surface area contributed by atoms with E-state index in [0.717, 1.165) is 5.56 Å². The summed E-state index contributed by atoms with van der Waals surface area (Å²) in [6.45, 7) is 2.52. The molecule has 0 heterocycles. The lowest BCUT2D eigenvalue weighted by Crippen LogP contribution is -2.31.